The molecule has 1 atom stereocenters. The van der Waals surface area contributed by atoms with Gasteiger partial charge in [0.25, 0.3) is 5.91 Å². The summed E-state index contributed by atoms with van der Waals surface area (Å²) in [6.45, 7) is 8.93. The fourth-order valence-corrected chi connectivity index (χ4v) is 5.75. The number of anilines is 1. The van der Waals surface area contributed by atoms with Gasteiger partial charge < -0.3 is 14.5 Å². The summed E-state index contributed by atoms with van der Waals surface area (Å²) >= 11 is 0. The molecule has 0 aliphatic carbocycles. The van der Waals surface area contributed by atoms with Crippen molar-refractivity contribution in [3.63, 3.8) is 0 Å². The number of fused-ring (bicyclic) bond motifs is 3. The summed E-state index contributed by atoms with van der Waals surface area (Å²) in [5.74, 6) is 2.10. The fourth-order valence-electron chi connectivity index (χ4n) is 5.75. The number of piperazine rings is 1. The van der Waals surface area contributed by atoms with Crippen LogP contribution in [-0.4, -0.2) is 78.8 Å². The summed E-state index contributed by atoms with van der Waals surface area (Å²) < 4.78 is 6.21. The molecule has 2 saturated heterocycles. The number of amides is 1. The lowest BCUT2D eigenvalue weighted by molar-refractivity contribution is 0.0775. The lowest BCUT2D eigenvalue weighted by atomic mass is 10.0. The van der Waals surface area contributed by atoms with Crippen molar-refractivity contribution in [3.8, 4) is 5.75 Å². The molecular weight excluding hydrogens is 462 g/mol. The number of aryl methyl sites for hydroxylation is 1. The zero-order valence-electron chi connectivity index (χ0n) is 21.6. The number of hydrogen-bond acceptors (Lipinski definition) is 6. The van der Waals surface area contributed by atoms with E-state index in [2.05, 4.69) is 46.0 Å². The molecule has 0 saturated carbocycles. The van der Waals surface area contributed by atoms with E-state index in [4.69, 9.17) is 9.73 Å². The third-order valence-electron chi connectivity index (χ3n) is 7.90. The van der Waals surface area contributed by atoms with Gasteiger partial charge in [-0.15, -0.1) is 0 Å². The highest BCUT2D eigenvalue weighted by molar-refractivity contribution is 6.06. The molecule has 7 heteroatoms. The number of rotatable bonds is 7. The lowest BCUT2D eigenvalue weighted by Crippen LogP contribution is -2.46. The first-order valence-corrected chi connectivity index (χ1v) is 13.6. The van der Waals surface area contributed by atoms with Crippen LogP contribution in [0.15, 0.2) is 53.7 Å². The third-order valence-corrected chi connectivity index (χ3v) is 7.90. The molecule has 37 heavy (non-hydrogen) atoms. The molecule has 2 aromatic carbocycles. The van der Waals surface area contributed by atoms with Crippen molar-refractivity contribution in [2.24, 2.45) is 4.99 Å². The number of ether oxygens (including phenoxy) is 1. The summed E-state index contributed by atoms with van der Waals surface area (Å²) in [7, 11) is 0. The van der Waals surface area contributed by atoms with Crippen LogP contribution in [-0.2, 0) is 0 Å². The summed E-state index contributed by atoms with van der Waals surface area (Å²) in [6, 6.07) is 14.5. The molecule has 1 aromatic heterocycles. The molecule has 6 rings (SSSR count). The second-order valence-corrected chi connectivity index (χ2v) is 10.4. The second-order valence-electron chi connectivity index (χ2n) is 10.4. The predicted molar refractivity (Wildman–Crippen MR) is 149 cm³/mol. The van der Waals surface area contributed by atoms with E-state index < -0.39 is 0 Å². The van der Waals surface area contributed by atoms with Gasteiger partial charge in [-0.25, -0.2) is 4.98 Å². The highest BCUT2D eigenvalue weighted by atomic mass is 16.5. The first kappa shape index (κ1) is 23.9. The minimum absolute atomic E-state index is 0.105. The number of unbranched alkanes of at least 4 members (excludes halogenated alkanes) is 1. The van der Waals surface area contributed by atoms with Crippen molar-refractivity contribution in [2.45, 2.75) is 38.6 Å². The molecule has 0 N–H and O–H groups in total. The Kier molecular flexibility index (Phi) is 6.79. The van der Waals surface area contributed by atoms with Gasteiger partial charge in [0.2, 0.25) is 0 Å². The molecule has 1 amide bonds. The molecule has 7 nitrogen and oxygen atoms in total. The van der Waals surface area contributed by atoms with Crippen molar-refractivity contribution in [1.82, 2.24) is 14.8 Å². The first-order chi connectivity index (χ1) is 18.2. The summed E-state index contributed by atoms with van der Waals surface area (Å²) in [6.07, 6.45) is 8.02. The quantitative estimate of drug-likeness (QED) is 0.437. The van der Waals surface area contributed by atoms with Crippen LogP contribution in [0.1, 0.15) is 41.6 Å². The van der Waals surface area contributed by atoms with Gasteiger partial charge in [-0.1, -0.05) is 6.07 Å². The molecule has 0 bridgehead atoms. The van der Waals surface area contributed by atoms with Gasteiger partial charge >= 0.3 is 0 Å². The van der Waals surface area contributed by atoms with Crippen LogP contribution in [0.5, 0.6) is 5.75 Å². The standard InChI is InChI=1S/C30H35N5O2/c1-22-17-23-18-26-27(32-21-25-7-6-11-35(25)30(26)36)19-24(23)20-28(22)37-16-5-4-10-33-12-14-34(15-13-33)29-8-2-3-9-31-29/h2-3,8-9,17-21,25H,4-7,10-16H2,1H3/t25-/m0/s1. The Hall–Kier alpha value is -3.45. The molecule has 3 aromatic rings. The van der Waals surface area contributed by atoms with Crippen molar-refractivity contribution in [2.75, 3.05) is 50.8 Å². The van der Waals surface area contributed by atoms with Gasteiger partial charge in [0.15, 0.2) is 0 Å². The van der Waals surface area contributed by atoms with Gasteiger partial charge in [0.05, 0.1) is 23.9 Å². The van der Waals surface area contributed by atoms with Crippen molar-refractivity contribution in [1.29, 1.82) is 0 Å². The Labute approximate surface area is 218 Å². The predicted octanol–water partition coefficient (Wildman–Crippen LogP) is 4.84. The van der Waals surface area contributed by atoms with Gasteiger partial charge in [-0.05, 0) is 91.9 Å². The number of benzene rings is 2. The van der Waals surface area contributed by atoms with Gasteiger partial charge in [0.1, 0.15) is 11.6 Å². The Balaban J connectivity index is 1.02. The van der Waals surface area contributed by atoms with Crippen LogP contribution >= 0.6 is 0 Å². The topological polar surface area (TPSA) is 61.3 Å². The molecule has 0 spiro atoms. The maximum absolute atomic E-state index is 13.1. The minimum Gasteiger partial charge on any atom is -0.493 e. The molecule has 0 radical (unpaired) electrons. The molecule has 2 fully saturated rings. The molecule has 4 heterocycles. The van der Waals surface area contributed by atoms with E-state index in [0.717, 1.165) is 98.5 Å². The monoisotopic (exact) mass is 497 g/mol. The number of hydrogen-bond donors (Lipinski definition) is 0. The van der Waals surface area contributed by atoms with Gasteiger partial charge in [-0.2, -0.15) is 0 Å². The van der Waals surface area contributed by atoms with E-state index in [9.17, 15) is 4.79 Å². The Morgan fingerprint density at radius 3 is 2.70 bits per heavy atom. The third kappa shape index (κ3) is 5.05. The largest absolute Gasteiger partial charge is 0.493 e. The number of pyridine rings is 1. The van der Waals surface area contributed by atoms with E-state index in [0.29, 0.717) is 12.2 Å². The molecule has 0 unspecified atom stereocenters. The SMILES string of the molecule is Cc1cc2cc3c(cc2cc1OCCCCN1CCN(c2ccccn2)CC1)N=C[C@@H]1CCCN1C3=O. The fraction of sp³-hybridized carbons (Fsp3) is 0.433. The molecule has 3 aliphatic heterocycles. The molecule has 192 valence electrons. The summed E-state index contributed by atoms with van der Waals surface area (Å²) in [5, 5.41) is 2.13. The van der Waals surface area contributed by atoms with Crippen molar-refractivity contribution >= 4 is 34.4 Å². The molecular formula is C30H35N5O2. The Morgan fingerprint density at radius 1 is 1.00 bits per heavy atom. The van der Waals surface area contributed by atoms with Crippen LogP contribution in [0, 0.1) is 6.92 Å². The van der Waals surface area contributed by atoms with Crippen LogP contribution in [0.3, 0.4) is 0 Å². The maximum Gasteiger partial charge on any atom is 0.256 e. The van der Waals surface area contributed by atoms with E-state index in [1.807, 2.05) is 35.5 Å². The number of nitrogens with zero attached hydrogens (tertiary/aromatic N) is 5. The summed E-state index contributed by atoms with van der Waals surface area (Å²) in [5.41, 5.74) is 2.58. The van der Waals surface area contributed by atoms with Crippen molar-refractivity contribution in [3.05, 3.63) is 59.8 Å². The van der Waals surface area contributed by atoms with Crippen LogP contribution in [0.4, 0.5) is 11.5 Å². The normalized spacial score (nSPS) is 19.7. The van der Waals surface area contributed by atoms with Gasteiger partial charge in [0, 0.05) is 45.1 Å². The van der Waals surface area contributed by atoms with E-state index >= 15 is 0 Å². The highest BCUT2D eigenvalue weighted by Gasteiger charge is 2.31. The number of aromatic nitrogens is 1. The second kappa shape index (κ2) is 10.5. The smallest absolute Gasteiger partial charge is 0.256 e. The number of aliphatic imine (C=N–C) groups is 1. The number of carbonyl (C=O) groups excluding carboxylic acids is 1. The van der Waals surface area contributed by atoms with Crippen LogP contribution in [0.2, 0.25) is 0 Å². The Morgan fingerprint density at radius 2 is 1.86 bits per heavy atom. The van der Waals surface area contributed by atoms with E-state index in [1.54, 1.807) is 0 Å². The van der Waals surface area contributed by atoms with E-state index in [1.165, 1.54) is 0 Å². The van der Waals surface area contributed by atoms with Crippen LogP contribution in [0.25, 0.3) is 10.8 Å². The molecule has 3 aliphatic rings. The number of carbonyl (C=O) groups is 1. The van der Waals surface area contributed by atoms with Gasteiger partial charge in [-0.3, -0.25) is 14.7 Å². The average molecular weight is 498 g/mol. The zero-order valence-corrected chi connectivity index (χ0v) is 21.6. The lowest BCUT2D eigenvalue weighted by Gasteiger charge is -2.35. The van der Waals surface area contributed by atoms with E-state index in [-0.39, 0.29) is 11.9 Å². The first-order valence-electron chi connectivity index (χ1n) is 13.6. The Bertz CT molecular complexity index is 1300. The average Bonchev–Trinajstić information content (AvgIpc) is 3.36. The highest BCUT2D eigenvalue weighted by Crippen LogP contribution is 2.34. The maximum atomic E-state index is 13.1. The van der Waals surface area contributed by atoms with Crippen LogP contribution < -0.4 is 9.64 Å². The van der Waals surface area contributed by atoms with Crippen molar-refractivity contribution < 1.29 is 9.53 Å². The zero-order chi connectivity index (χ0) is 25.2. The minimum atomic E-state index is 0.105. The summed E-state index contributed by atoms with van der Waals surface area (Å²) in [4.78, 5) is 29.2.